The first-order chi connectivity index (χ1) is 8.56. The Morgan fingerprint density at radius 3 is 2.56 bits per heavy atom. The van der Waals surface area contributed by atoms with Crippen LogP contribution in [0.15, 0.2) is 41.3 Å². The summed E-state index contributed by atoms with van der Waals surface area (Å²) in [5.41, 5.74) is 8.80. The van der Waals surface area contributed by atoms with Crippen LogP contribution in [-0.2, 0) is 5.75 Å². The summed E-state index contributed by atoms with van der Waals surface area (Å²) in [5, 5.41) is 1.37. The van der Waals surface area contributed by atoms with Crippen LogP contribution in [0.3, 0.4) is 0 Å². The van der Waals surface area contributed by atoms with Crippen LogP contribution in [0.5, 0.6) is 0 Å². The van der Waals surface area contributed by atoms with E-state index in [1.807, 2.05) is 31.2 Å². The first-order valence-corrected chi connectivity index (χ1v) is 7.23. The molecule has 0 aliphatic rings. The summed E-state index contributed by atoms with van der Waals surface area (Å²) in [6.45, 7) is 2.01. The van der Waals surface area contributed by atoms with E-state index >= 15 is 0 Å². The number of anilines is 1. The Kier molecular flexibility index (Phi) is 4.44. The molecule has 2 aromatic rings. The molecule has 0 aromatic heterocycles. The number of benzene rings is 2. The van der Waals surface area contributed by atoms with E-state index in [0.29, 0.717) is 10.0 Å². The SMILES string of the molecule is Cc1cc(SCc2ccc(Cl)cc2Cl)ccc1N. The van der Waals surface area contributed by atoms with Gasteiger partial charge in [-0.05, 0) is 48.4 Å². The Bertz CT molecular complexity index is 570. The molecular formula is C14H13Cl2NS. The van der Waals surface area contributed by atoms with Gasteiger partial charge in [-0.1, -0.05) is 29.3 Å². The van der Waals surface area contributed by atoms with Gasteiger partial charge in [0.15, 0.2) is 0 Å². The smallest absolute Gasteiger partial charge is 0.0461 e. The maximum atomic E-state index is 6.13. The Balaban J connectivity index is 2.09. The number of halogens is 2. The van der Waals surface area contributed by atoms with Gasteiger partial charge in [0.05, 0.1) is 0 Å². The Morgan fingerprint density at radius 1 is 1.11 bits per heavy atom. The molecule has 18 heavy (non-hydrogen) atoms. The predicted molar refractivity (Wildman–Crippen MR) is 81.6 cm³/mol. The molecule has 0 aliphatic heterocycles. The second-order valence-electron chi connectivity index (χ2n) is 4.04. The Morgan fingerprint density at radius 2 is 1.89 bits per heavy atom. The zero-order chi connectivity index (χ0) is 13.1. The van der Waals surface area contributed by atoms with Crippen molar-refractivity contribution in [3.63, 3.8) is 0 Å². The van der Waals surface area contributed by atoms with Crippen molar-refractivity contribution >= 4 is 40.7 Å². The number of hydrogen-bond acceptors (Lipinski definition) is 2. The minimum atomic E-state index is 0.664. The zero-order valence-electron chi connectivity index (χ0n) is 9.91. The summed E-state index contributed by atoms with van der Waals surface area (Å²) in [5.74, 6) is 0.819. The summed E-state index contributed by atoms with van der Waals surface area (Å²) < 4.78 is 0. The minimum Gasteiger partial charge on any atom is -0.399 e. The molecule has 0 atom stereocenters. The van der Waals surface area contributed by atoms with Gasteiger partial charge in [-0.3, -0.25) is 0 Å². The van der Waals surface area contributed by atoms with Crippen molar-refractivity contribution in [2.45, 2.75) is 17.6 Å². The van der Waals surface area contributed by atoms with Gasteiger partial charge >= 0.3 is 0 Å². The average Bonchev–Trinajstić information content (AvgIpc) is 2.32. The molecule has 0 radical (unpaired) electrons. The van der Waals surface area contributed by atoms with Crippen molar-refractivity contribution in [1.29, 1.82) is 0 Å². The van der Waals surface area contributed by atoms with Gasteiger partial charge in [0.2, 0.25) is 0 Å². The molecule has 0 bridgehead atoms. The fraction of sp³-hybridized carbons (Fsp3) is 0.143. The van der Waals surface area contributed by atoms with Crippen LogP contribution in [0, 0.1) is 6.92 Å². The highest BCUT2D eigenvalue weighted by atomic mass is 35.5. The van der Waals surface area contributed by atoms with Crippen molar-refractivity contribution in [1.82, 2.24) is 0 Å². The number of nitrogens with two attached hydrogens (primary N) is 1. The molecule has 0 unspecified atom stereocenters. The van der Waals surface area contributed by atoms with Crippen LogP contribution < -0.4 is 5.73 Å². The van der Waals surface area contributed by atoms with Crippen LogP contribution >= 0.6 is 35.0 Å². The lowest BCUT2D eigenvalue weighted by Crippen LogP contribution is -1.89. The normalized spacial score (nSPS) is 10.6. The second kappa shape index (κ2) is 5.87. The van der Waals surface area contributed by atoms with E-state index in [4.69, 9.17) is 28.9 Å². The molecule has 2 N–H and O–H groups in total. The van der Waals surface area contributed by atoms with E-state index in [1.165, 1.54) is 4.90 Å². The molecule has 0 spiro atoms. The fourth-order valence-corrected chi connectivity index (χ4v) is 3.09. The van der Waals surface area contributed by atoms with Gasteiger partial charge in [0, 0.05) is 26.4 Å². The molecular weight excluding hydrogens is 285 g/mol. The molecule has 2 aromatic carbocycles. The summed E-state index contributed by atoms with van der Waals surface area (Å²) >= 11 is 13.7. The maximum absolute atomic E-state index is 6.13. The van der Waals surface area contributed by atoms with Crippen LogP contribution in [0.25, 0.3) is 0 Å². The molecule has 2 rings (SSSR count). The van der Waals surface area contributed by atoms with Gasteiger partial charge in [-0.15, -0.1) is 11.8 Å². The molecule has 94 valence electrons. The lowest BCUT2D eigenvalue weighted by atomic mass is 10.2. The van der Waals surface area contributed by atoms with E-state index in [-0.39, 0.29) is 0 Å². The van der Waals surface area contributed by atoms with E-state index in [9.17, 15) is 0 Å². The number of thioether (sulfide) groups is 1. The third-order valence-electron chi connectivity index (χ3n) is 2.65. The van der Waals surface area contributed by atoms with E-state index in [0.717, 1.165) is 22.6 Å². The highest BCUT2D eigenvalue weighted by molar-refractivity contribution is 7.98. The van der Waals surface area contributed by atoms with Crippen molar-refractivity contribution in [2.24, 2.45) is 0 Å². The molecule has 0 heterocycles. The van der Waals surface area contributed by atoms with Gasteiger partial charge in [0.1, 0.15) is 0 Å². The highest BCUT2D eigenvalue weighted by Gasteiger charge is 2.03. The van der Waals surface area contributed by atoms with Gasteiger partial charge in [-0.2, -0.15) is 0 Å². The molecule has 0 saturated heterocycles. The standard InChI is InChI=1S/C14H13Cl2NS/c1-9-6-12(4-5-14(9)17)18-8-10-2-3-11(15)7-13(10)16/h2-7H,8,17H2,1H3. The van der Waals surface area contributed by atoms with Gasteiger partial charge < -0.3 is 5.73 Å². The number of rotatable bonds is 3. The van der Waals surface area contributed by atoms with E-state index < -0.39 is 0 Å². The maximum Gasteiger partial charge on any atom is 0.0461 e. The Labute approximate surface area is 121 Å². The van der Waals surface area contributed by atoms with Crippen molar-refractivity contribution in [3.05, 3.63) is 57.6 Å². The first kappa shape index (κ1) is 13.6. The summed E-state index contributed by atoms with van der Waals surface area (Å²) in [7, 11) is 0. The largest absolute Gasteiger partial charge is 0.399 e. The van der Waals surface area contributed by atoms with Crippen molar-refractivity contribution < 1.29 is 0 Å². The second-order valence-corrected chi connectivity index (χ2v) is 5.94. The van der Waals surface area contributed by atoms with E-state index in [2.05, 4.69) is 6.07 Å². The summed E-state index contributed by atoms with van der Waals surface area (Å²) in [4.78, 5) is 1.19. The molecule has 0 aliphatic carbocycles. The quantitative estimate of drug-likeness (QED) is 0.624. The monoisotopic (exact) mass is 297 g/mol. The molecule has 0 amide bonds. The highest BCUT2D eigenvalue weighted by Crippen LogP contribution is 2.29. The number of nitrogen functional groups attached to an aromatic ring is 1. The fourth-order valence-electron chi connectivity index (χ4n) is 1.54. The molecule has 0 saturated carbocycles. The third-order valence-corrected chi connectivity index (χ3v) is 4.28. The summed E-state index contributed by atoms with van der Waals surface area (Å²) in [6.07, 6.45) is 0. The number of hydrogen-bond donors (Lipinski definition) is 1. The van der Waals surface area contributed by atoms with Gasteiger partial charge in [-0.25, -0.2) is 0 Å². The zero-order valence-corrected chi connectivity index (χ0v) is 12.2. The predicted octanol–water partition coefficient (Wildman–Crippen LogP) is 5.18. The van der Waals surface area contributed by atoms with Gasteiger partial charge in [0.25, 0.3) is 0 Å². The third kappa shape index (κ3) is 3.35. The van der Waals surface area contributed by atoms with E-state index in [1.54, 1.807) is 17.8 Å². The minimum absolute atomic E-state index is 0.664. The topological polar surface area (TPSA) is 26.0 Å². The van der Waals surface area contributed by atoms with Crippen molar-refractivity contribution in [2.75, 3.05) is 5.73 Å². The molecule has 4 heteroatoms. The molecule has 0 fully saturated rings. The van der Waals surface area contributed by atoms with Crippen LogP contribution in [0.4, 0.5) is 5.69 Å². The number of aryl methyl sites for hydroxylation is 1. The van der Waals surface area contributed by atoms with Crippen molar-refractivity contribution in [3.8, 4) is 0 Å². The molecule has 1 nitrogen and oxygen atoms in total. The summed E-state index contributed by atoms with van der Waals surface area (Å²) in [6, 6.07) is 11.6. The average molecular weight is 298 g/mol. The van der Waals surface area contributed by atoms with Crippen LogP contribution in [0.1, 0.15) is 11.1 Å². The van der Waals surface area contributed by atoms with Crippen LogP contribution in [0.2, 0.25) is 10.0 Å². The lowest BCUT2D eigenvalue weighted by Gasteiger charge is -2.07. The van der Waals surface area contributed by atoms with Crippen LogP contribution in [-0.4, -0.2) is 0 Å². The first-order valence-electron chi connectivity index (χ1n) is 5.49. The lowest BCUT2D eigenvalue weighted by molar-refractivity contribution is 1.34. The Hall–Kier alpha value is -0.830.